The molecular weight excluding hydrogens is 320 g/mol. The van der Waals surface area contributed by atoms with Gasteiger partial charge in [-0.15, -0.1) is 0 Å². The molecule has 0 saturated carbocycles. The second-order valence-electron chi connectivity index (χ2n) is 5.95. The number of ether oxygens (including phenoxy) is 1. The standard InChI is InChI=1S/C20H22N2O.ClH/c21-17-20(18-7-3-1-4-8-18,19-9-5-2-6-10-19)11-12-22-13-15-23-16-14-22;/h1-10H,11-16H2;1H/p-1. The summed E-state index contributed by atoms with van der Waals surface area (Å²) in [6, 6.07) is 22.9. The summed E-state index contributed by atoms with van der Waals surface area (Å²) in [6.07, 6.45) is 0.789. The third-order valence-electron chi connectivity index (χ3n) is 4.63. The van der Waals surface area contributed by atoms with Gasteiger partial charge in [-0.1, -0.05) is 60.7 Å². The highest BCUT2D eigenvalue weighted by atomic mass is 35.5. The first-order valence-corrected chi connectivity index (χ1v) is 8.17. The van der Waals surface area contributed by atoms with Crippen molar-refractivity contribution < 1.29 is 17.1 Å². The van der Waals surface area contributed by atoms with Gasteiger partial charge in [-0.25, -0.2) is 0 Å². The molecule has 1 fully saturated rings. The molecule has 2 aromatic carbocycles. The summed E-state index contributed by atoms with van der Waals surface area (Å²) in [5, 5.41) is 10.1. The van der Waals surface area contributed by atoms with Gasteiger partial charge in [0, 0.05) is 19.6 Å². The topological polar surface area (TPSA) is 36.3 Å². The Morgan fingerprint density at radius 3 is 1.88 bits per heavy atom. The predicted octanol–water partition coefficient (Wildman–Crippen LogP) is 0.223. The van der Waals surface area contributed by atoms with Crippen LogP contribution in [0.3, 0.4) is 0 Å². The number of benzene rings is 2. The maximum Gasteiger partial charge on any atom is 0.108 e. The Morgan fingerprint density at radius 1 is 0.917 bits per heavy atom. The second-order valence-corrected chi connectivity index (χ2v) is 5.95. The monoisotopic (exact) mass is 341 g/mol. The Hall–Kier alpha value is -1.86. The van der Waals surface area contributed by atoms with E-state index < -0.39 is 5.41 Å². The smallest absolute Gasteiger partial charge is 0.108 e. The van der Waals surface area contributed by atoms with Crippen molar-refractivity contribution in [3.8, 4) is 6.07 Å². The third-order valence-corrected chi connectivity index (χ3v) is 4.63. The summed E-state index contributed by atoms with van der Waals surface area (Å²) >= 11 is 0. The molecule has 0 aliphatic carbocycles. The van der Waals surface area contributed by atoms with Crippen LogP contribution in [0.5, 0.6) is 0 Å². The van der Waals surface area contributed by atoms with Crippen LogP contribution in [0, 0.1) is 11.3 Å². The van der Waals surface area contributed by atoms with Gasteiger partial charge < -0.3 is 17.1 Å². The van der Waals surface area contributed by atoms with Gasteiger partial charge >= 0.3 is 0 Å². The minimum absolute atomic E-state index is 0. The van der Waals surface area contributed by atoms with Crippen molar-refractivity contribution >= 4 is 0 Å². The van der Waals surface area contributed by atoms with Crippen molar-refractivity contribution in [2.45, 2.75) is 11.8 Å². The van der Waals surface area contributed by atoms with Crippen LogP contribution in [0.2, 0.25) is 0 Å². The molecule has 0 amide bonds. The highest BCUT2D eigenvalue weighted by Crippen LogP contribution is 2.35. The molecule has 0 unspecified atom stereocenters. The molecule has 126 valence electrons. The van der Waals surface area contributed by atoms with Crippen LogP contribution in [0.4, 0.5) is 0 Å². The molecule has 0 bridgehead atoms. The van der Waals surface area contributed by atoms with Gasteiger partial charge in [0.2, 0.25) is 0 Å². The largest absolute Gasteiger partial charge is 1.00 e. The molecule has 1 aliphatic heterocycles. The lowest BCUT2D eigenvalue weighted by Gasteiger charge is -2.32. The van der Waals surface area contributed by atoms with Crippen LogP contribution in [0.1, 0.15) is 17.5 Å². The average Bonchev–Trinajstić information content (AvgIpc) is 2.65. The fourth-order valence-electron chi connectivity index (χ4n) is 3.24. The normalized spacial score (nSPS) is 15.3. The lowest BCUT2D eigenvalue weighted by Crippen LogP contribution is -3.00. The van der Waals surface area contributed by atoms with Crippen molar-refractivity contribution in [1.29, 1.82) is 5.26 Å². The first-order valence-electron chi connectivity index (χ1n) is 8.17. The summed E-state index contributed by atoms with van der Waals surface area (Å²) in [7, 11) is 0. The van der Waals surface area contributed by atoms with Crippen LogP contribution < -0.4 is 12.4 Å². The summed E-state index contributed by atoms with van der Waals surface area (Å²) in [5.41, 5.74) is 1.55. The summed E-state index contributed by atoms with van der Waals surface area (Å²) in [6.45, 7) is 4.38. The van der Waals surface area contributed by atoms with Crippen molar-refractivity contribution in [3.63, 3.8) is 0 Å². The van der Waals surface area contributed by atoms with Crippen LogP contribution in [0.25, 0.3) is 0 Å². The van der Waals surface area contributed by atoms with E-state index >= 15 is 0 Å². The van der Waals surface area contributed by atoms with Gasteiger partial charge in [0.1, 0.15) is 5.41 Å². The van der Waals surface area contributed by atoms with E-state index in [2.05, 4.69) is 35.2 Å². The van der Waals surface area contributed by atoms with Crippen molar-refractivity contribution in [2.24, 2.45) is 0 Å². The number of hydrogen-bond donors (Lipinski definition) is 0. The molecule has 3 rings (SSSR count). The van der Waals surface area contributed by atoms with E-state index in [1.54, 1.807) is 0 Å². The predicted molar refractivity (Wildman–Crippen MR) is 91.2 cm³/mol. The highest BCUT2D eigenvalue weighted by Gasteiger charge is 2.34. The van der Waals surface area contributed by atoms with Gasteiger partial charge in [0.05, 0.1) is 19.3 Å². The Kier molecular flexibility index (Phi) is 6.81. The number of morpholine rings is 1. The number of nitrogens with zero attached hydrogens (tertiary/aromatic N) is 2. The van der Waals surface area contributed by atoms with Crippen molar-refractivity contribution in [2.75, 3.05) is 32.8 Å². The number of nitriles is 1. The van der Waals surface area contributed by atoms with Gasteiger partial charge in [0.15, 0.2) is 0 Å². The summed E-state index contributed by atoms with van der Waals surface area (Å²) < 4.78 is 5.42. The first kappa shape index (κ1) is 18.5. The molecule has 24 heavy (non-hydrogen) atoms. The Bertz CT molecular complexity index is 609. The minimum atomic E-state index is -0.596. The average molecular weight is 342 g/mol. The molecule has 0 radical (unpaired) electrons. The van der Waals surface area contributed by atoms with Gasteiger partial charge in [-0.05, 0) is 17.5 Å². The molecule has 0 N–H and O–H groups in total. The maximum absolute atomic E-state index is 10.1. The lowest BCUT2D eigenvalue weighted by atomic mass is 9.73. The molecule has 1 heterocycles. The van der Waals surface area contributed by atoms with E-state index in [0.29, 0.717) is 0 Å². The van der Waals surface area contributed by atoms with Crippen LogP contribution in [0.15, 0.2) is 60.7 Å². The zero-order valence-corrected chi connectivity index (χ0v) is 14.5. The highest BCUT2D eigenvalue weighted by molar-refractivity contribution is 5.45. The van der Waals surface area contributed by atoms with E-state index in [9.17, 15) is 5.26 Å². The van der Waals surface area contributed by atoms with Gasteiger partial charge in [0.25, 0.3) is 0 Å². The maximum atomic E-state index is 10.1. The van der Waals surface area contributed by atoms with Crippen LogP contribution >= 0.6 is 0 Å². The molecule has 3 nitrogen and oxygen atoms in total. The van der Waals surface area contributed by atoms with Crippen LogP contribution in [-0.4, -0.2) is 37.7 Å². The number of rotatable bonds is 5. The fourth-order valence-corrected chi connectivity index (χ4v) is 3.24. The van der Waals surface area contributed by atoms with Gasteiger partial charge in [-0.2, -0.15) is 5.26 Å². The second kappa shape index (κ2) is 8.84. The zero-order valence-electron chi connectivity index (χ0n) is 13.7. The van der Waals surface area contributed by atoms with E-state index in [4.69, 9.17) is 4.74 Å². The molecule has 1 aliphatic rings. The lowest BCUT2D eigenvalue weighted by molar-refractivity contribution is -0.00000635. The Labute approximate surface area is 150 Å². The minimum Gasteiger partial charge on any atom is -1.00 e. The summed E-state index contributed by atoms with van der Waals surface area (Å²) in [4.78, 5) is 2.39. The van der Waals surface area contributed by atoms with E-state index in [0.717, 1.165) is 50.4 Å². The number of halogens is 1. The van der Waals surface area contributed by atoms with E-state index in [1.165, 1.54) is 0 Å². The van der Waals surface area contributed by atoms with Crippen molar-refractivity contribution in [1.82, 2.24) is 4.90 Å². The van der Waals surface area contributed by atoms with Gasteiger partial charge in [-0.3, -0.25) is 4.90 Å². The van der Waals surface area contributed by atoms with Crippen molar-refractivity contribution in [3.05, 3.63) is 71.8 Å². The number of hydrogen-bond acceptors (Lipinski definition) is 3. The Balaban J connectivity index is 0.00000208. The molecule has 1 saturated heterocycles. The molecule has 0 spiro atoms. The molecule has 2 aromatic rings. The Morgan fingerprint density at radius 2 is 1.42 bits per heavy atom. The molecule has 0 aromatic heterocycles. The van der Waals surface area contributed by atoms with Crippen LogP contribution in [-0.2, 0) is 10.2 Å². The molecule has 4 heteroatoms. The molecule has 0 atom stereocenters. The quantitative estimate of drug-likeness (QED) is 0.781. The van der Waals surface area contributed by atoms with E-state index in [1.807, 2.05) is 36.4 Å². The SMILES string of the molecule is N#CC(CCN1CCOCC1)(c1ccccc1)c1ccccc1.[Cl-]. The first-order chi connectivity index (χ1) is 11.3. The molecular formula is C20H22ClN2O-. The fraction of sp³-hybridized carbons (Fsp3) is 0.350. The third kappa shape index (κ3) is 3.96. The summed E-state index contributed by atoms with van der Waals surface area (Å²) in [5.74, 6) is 0. The zero-order chi connectivity index (χ0) is 16.0. The van der Waals surface area contributed by atoms with E-state index in [-0.39, 0.29) is 12.4 Å².